The lowest BCUT2D eigenvalue weighted by atomic mass is 10.4. The zero-order valence-electron chi connectivity index (χ0n) is 7.26. The standard InChI is InChI=1S/C9H10N3.HI/c1-11-6-3-2-4-9(11)12-7-5-10-8-12;/h2-8H,1H3;1H/q+1;/p-1. The van der Waals surface area contributed by atoms with Crippen LogP contribution in [0.15, 0.2) is 43.1 Å². The van der Waals surface area contributed by atoms with Crippen LogP contribution in [0.25, 0.3) is 5.82 Å². The van der Waals surface area contributed by atoms with Gasteiger partial charge in [-0.1, -0.05) is 6.07 Å². The minimum atomic E-state index is 0. The lowest BCUT2D eigenvalue weighted by Gasteiger charge is -1.97. The molecule has 2 aromatic heterocycles. The number of halogens is 1. The normalized spacial score (nSPS) is 9.31. The molecule has 68 valence electrons. The summed E-state index contributed by atoms with van der Waals surface area (Å²) < 4.78 is 4.02. The molecule has 0 spiro atoms. The Morgan fingerprint density at radius 2 is 2.23 bits per heavy atom. The van der Waals surface area contributed by atoms with E-state index in [-0.39, 0.29) is 24.0 Å². The van der Waals surface area contributed by atoms with E-state index in [1.54, 1.807) is 12.5 Å². The van der Waals surface area contributed by atoms with E-state index in [9.17, 15) is 0 Å². The van der Waals surface area contributed by atoms with Crippen LogP contribution in [0.5, 0.6) is 0 Å². The first-order valence-corrected chi connectivity index (χ1v) is 3.81. The molecule has 0 saturated carbocycles. The minimum absolute atomic E-state index is 0. The van der Waals surface area contributed by atoms with Crippen LogP contribution in [-0.4, -0.2) is 9.55 Å². The molecule has 0 amide bonds. The minimum Gasteiger partial charge on any atom is -1.00 e. The van der Waals surface area contributed by atoms with Crippen molar-refractivity contribution in [2.75, 3.05) is 0 Å². The topological polar surface area (TPSA) is 21.7 Å². The summed E-state index contributed by atoms with van der Waals surface area (Å²) in [6, 6.07) is 6.05. The maximum Gasteiger partial charge on any atom is 0.286 e. The first kappa shape index (κ1) is 10.2. The molecule has 0 aliphatic heterocycles. The Balaban J connectivity index is 0.000000845. The fraction of sp³-hybridized carbons (Fsp3) is 0.111. The fourth-order valence-corrected chi connectivity index (χ4v) is 1.18. The van der Waals surface area contributed by atoms with E-state index in [1.807, 2.05) is 46.8 Å². The third kappa shape index (κ3) is 2.06. The highest BCUT2D eigenvalue weighted by atomic mass is 127. The van der Waals surface area contributed by atoms with E-state index in [0.717, 1.165) is 5.82 Å². The Morgan fingerprint density at radius 3 is 2.85 bits per heavy atom. The van der Waals surface area contributed by atoms with Crippen LogP contribution < -0.4 is 28.5 Å². The van der Waals surface area contributed by atoms with Crippen molar-refractivity contribution in [3.63, 3.8) is 0 Å². The quantitative estimate of drug-likeness (QED) is 0.427. The molecule has 0 N–H and O–H groups in total. The molecular weight excluding hydrogens is 277 g/mol. The van der Waals surface area contributed by atoms with Gasteiger partial charge in [0.1, 0.15) is 6.20 Å². The number of imidazole rings is 1. The van der Waals surface area contributed by atoms with Crippen molar-refractivity contribution in [1.29, 1.82) is 0 Å². The summed E-state index contributed by atoms with van der Waals surface area (Å²) in [6.45, 7) is 0. The van der Waals surface area contributed by atoms with E-state index >= 15 is 0 Å². The van der Waals surface area contributed by atoms with Crippen molar-refractivity contribution in [3.8, 4) is 5.82 Å². The van der Waals surface area contributed by atoms with Gasteiger partial charge in [0.25, 0.3) is 5.82 Å². The summed E-state index contributed by atoms with van der Waals surface area (Å²) in [5.41, 5.74) is 0. The van der Waals surface area contributed by atoms with Gasteiger partial charge in [0.05, 0.1) is 19.4 Å². The Bertz CT molecular complexity index is 370. The molecule has 0 radical (unpaired) electrons. The van der Waals surface area contributed by atoms with Gasteiger partial charge in [-0.05, 0) is 6.07 Å². The highest BCUT2D eigenvalue weighted by Crippen LogP contribution is 1.98. The smallest absolute Gasteiger partial charge is 0.286 e. The zero-order valence-corrected chi connectivity index (χ0v) is 9.42. The molecule has 2 rings (SSSR count). The van der Waals surface area contributed by atoms with Gasteiger partial charge >= 0.3 is 0 Å². The molecule has 4 heteroatoms. The third-order valence-corrected chi connectivity index (χ3v) is 1.80. The molecule has 0 saturated heterocycles. The average Bonchev–Trinajstić information content (AvgIpc) is 2.57. The molecule has 2 heterocycles. The van der Waals surface area contributed by atoms with Crippen LogP contribution in [0.3, 0.4) is 0 Å². The summed E-state index contributed by atoms with van der Waals surface area (Å²) in [5, 5.41) is 0. The molecule has 0 aliphatic carbocycles. The molecule has 3 nitrogen and oxygen atoms in total. The first-order valence-electron chi connectivity index (χ1n) is 3.81. The van der Waals surface area contributed by atoms with Gasteiger partial charge in [0, 0.05) is 6.07 Å². The van der Waals surface area contributed by atoms with Gasteiger partial charge in [-0.15, -0.1) is 0 Å². The number of pyridine rings is 1. The highest BCUT2D eigenvalue weighted by Gasteiger charge is 2.05. The Kier molecular flexibility index (Phi) is 3.41. The van der Waals surface area contributed by atoms with Crippen LogP contribution in [0.1, 0.15) is 0 Å². The van der Waals surface area contributed by atoms with Gasteiger partial charge in [0.2, 0.25) is 0 Å². The van der Waals surface area contributed by atoms with Crippen molar-refractivity contribution < 1.29 is 28.5 Å². The average molecular weight is 287 g/mol. The van der Waals surface area contributed by atoms with E-state index in [2.05, 4.69) is 4.98 Å². The summed E-state index contributed by atoms with van der Waals surface area (Å²) in [7, 11) is 2.01. The van der Waals surface area contributed by atoms with Crippen molar-refractivity contribution >= 4 is 0 Å². The molecule has 0 aliphatic rings. The summed E-state index contributed by atoms with van der Waals surface area (Å²) >= 11 is 0. The SMILES string of the molecule is C[n+]1ccccc1-n1ccnc1.[I-]. The van der Waals surface area contributed by atoms with Crippen molar-refractivity contribution in [3.05, 3.63) is 43.1 Å². The number of aryl methyl sites for hydroxylation is 1. The highest BCUT2D eigenvalue weighted by molar-refractivity contribution is 5.14. The van der Waals surface area contributed by atoms with E-state index in [1.165, 1.54) is 0 Å². The largest absolute Gasteiger partial charge is 1.00 e. The monoisotopic (exact) mass is 287 g/mol. The predicted molar refractivity (Wildman–Crippen MR) is 44.7 cm³/mol. The zero-order chi connectivity index (χ0) is 8.39. The van der Waals surface area contributed by atoms with Gasteiger partial charge in [-0.3, -0.25) is 0 Å². The van der Waals surface area contributed by atoms with Gasteiger partial charge in [-0.2, -0.15) is 4.57 Å². The summed E-state index contributed by atoms with van der Waals surface area (Å²) in [5.74, 6) is 1.11. The predicted octanol–water partition coefficient (Wildman–Crippen LogP) is -2.30. The van der Waals surface area contributed by atoms with Crippen LogP contribution in [0.2, 0.25) is 0 Å². The number of aromatic nitrogens is 3. The molecule has 0 unspecified atom stereocenters. The van der Waals surface area contributed by atoms with Gasteiger partial charge in [0.15, 0.2) is 6.33 Å². The first-order chi connectivity index (χ1) is 5.88. The molecule has 13 heavy (non-hydrogen) atoms. The summed E-state index contributed by atoms with van der Waals surface area (Å²) in [4.78, 5) is 3.99. The molecule has 0 atom stereocenters. The maximum absolute atomic E-state index is 3.99. The number of nitrogens with zero attached hydrogens (tertiary/aromatic N) is 3. The molecular formula is C9H10IN3. The van der Waals surface area contributed by atoms with E-state index < -0.39 is 0 Å². The van der Waals surface area contributed by atoms with E-state index in [0.29, 0.717) is 0 Å². The summed E-state index contributed by atoms with van der Waals surface area (Å²) in [6.07, 6.45) is 7.49. The Morgan fingerprint density at radius 1 is 1.38 bits per heavy atom. The lowest BCUT2D eigenvalue weighted by Crippen LogP contribution is -3.00. The molecule has 0 bridgehead atoms. The molecule has 2 aromatic rings. The van der Waals surface area contributed by atoms with Crippen LogP contribution in [0, 0.1) is 0 Å². The molecule has 0 aromatic carbocycles. The lowest BCUT2D eigenvalue weighted by molar-refractivity contribution is -0.665. The third-order valence-electron chi connectivity index (χ3n) is 1.80. The van der Waals surface area contributed by atoms with Crippen LogP contribution >= 0.6 is 0 Å². The van der Waals surface area contributed by atoms with Crippen molar-refractivity contribution in [2.24, 2.45) is 7.05 Å². The second-order valence-electron chi connectivity index (χ2n) is 2.64. The van der Waals surface area contributed by atoms with Crippen molar-refractivity contribution in [1.82, 2.24) is 9.55 Å². The Hall–Kier alpha value is -0.910. The van der Waals surface area contributed by atoms with Crippen LogP contribution in [-0.2, 0) is 7.05 Å². The Labute approximate surface area is 94.1 Å². The van der Waals surface area contributed by atoms with Crippen LogP contribution in [0.4, 0.5) is 0 Å². The van der Waals surface area contributed by atoms with Gasteiger partial charge < -0.3 is 24.0 Å². The number of rotatable bonds is 1. The van der Waals surface area contributed by atoms with Crippen molar-refractivity contribution in [2.45, 2.75) is 0 Å². The van der Waals surface area contributed by atoms with E-state index in [4.69, 9.17) is 0 Å². The second-order valence-corrected chi connectivity index (χ2v) is 2.64. The maximum atomic E-state index is 3.99. The number of hydrogen-bond donors (Lipinski definition) is 0. The molecule has 0 fully saturated rings. The number of hydrogen-bond acceptors (Lipinski definition) is 1. The second kappa shape index (κ2) is 4.36. The fourth-order valence-electron chi connectivity index (χ4n) is 1.18. The van der Waals surface area contributed by atoms with Gasteiger partial charge in [-0.25, -0.2) is 9.55 Å².